The van der Waals surface area contributed by atoms with Crippen molar-refractivity contribution >= 4 is 23.2 Å². The standard InChI is InChI=1S/C24H21F4N3O2S/c25-20-4-2-1-3-19(20)23(33)31-11-9-17(10-12-31)29-21(32)13-18-14-34-22(30-18)15-5-7-16(8-6-15)24(26,27)28/h1-8,14,17H,9-13H2,(H,29,32). The molecule has 1 aliphatic rings. The third-order valence-electron chi connectivity index (χ3n) is 5.60. The lowest BCUT2D eigenvalue weighted by Gasteiger charge is -2.32. The molecule has 34 heavy (non-hydrogen) atoms. The average molecular weight is 492 g/mol. The van der Waals surface area contributed by atoms with Crippen LogP contribution in [0.25, 0.3) is 10.6 Å². The van der Waals surface area contributed by atoms with E-state index in [0.29, 0.717) is 42.2 Å². The first-order chi connectivity index (χ1) is 16.2. The Morgan fingerprint density at radius 2 is 1.74 bits per heavy atom. The van der Waals surface area contributed by atoms with Gasteiger partial charge < -0.3 is 10.2 Å². The van der Waals surface area contributed by atoms with Crippen molar-refractivity contribution < 1.29 is 27.2 Å². The van der Waals surface area contributed by atoms with Crippen LogP contribution in [0, 0.1) is 5.82 Å². The summed E-state index contributed by atoms with van der Waals surface area (Å²) in [7, 11) is 0. The van der Waals surface area contributed by atoms with Gasteiger partial charge in [0.1, 0.15) is 10.8 Å². The largest absolute Gasteiger partial charge is 0.416 e. The fourth-order valence-electron chi connectivity index (χ4n) is 3.80. The van der Waals surface area contributed by atoms with Crippen LogP contribution in [0.1, 0.15) is 34.5 Å². The number of benzene rings is 2. The maximum absolute atomic E-state index is 13.9. The first kappa shape index (κ1) is 23.9. The Morgan fingerprint density at radius 3 is 2.38 bits per heavy atom. The molecule has 0 radical (unpaired) electrons. The second kappa shape index (κ2) is 9.92. The summed E-state index contributed by atoms with van der Waals surface area (Å²) in [4.78, 5) is 30.9. The number of hydrogen-bond donors (Lipinski definition) is 1. The number of carbonyl (C=O) groups excluding carboxylic acids is 2. The molecule has 3 aromatic rings. The van der Waals surface area contributed by atoms with Crippen molar-refractivity contribution in [1.29, 1.82) is 0 Å². The molecule has 0 spiro atoms. The molecular formula is C24H21F4N3O2S. The molecule has 10 heteroatoms. The first-order valence-corrected chi connectivity index (χ1v) is 11.5. The van der Waals surface area contributed by atoms with Gasteiger partial charge in [-0.05, 0) is 37.1 Å². The van der Waals surface area contributed by atoms with Gasteiger partial charge in [0.05, 0.1) is 23.2 Å². The van der Waals surface area contributed by atoms with Crippen LogP contribution >= 0.6 is 11.3 Å². The van der Waals surface area contributed by atoms with E-state index in [4.69, 9.17) is 0 Å². The zero-order chi connectivity index (χ0) is 24.3. The summed E-state index contributed by atoms with van der Waals surface area (Å²) in [5, 5.41) is 5.19. The number of amides is 2. The van der Waals surface area contributed by atoms with Crippen molar-refractivity contribution in [3.8, 4) is 10.6 Å². The van der Waals surface area contributed by atoms with E-state index in [0.717, 1.165) is 12.1 Å². The Morgan fingerprint density at radius 1 is 1.06 bits per heavy atom. The molecule has 2 aromatic carbocycles. The average Bonchev–Trinajstić information content (AvgIpc) is 3.27. The zero-order valence-corrected chi connectivity index (χ0v) is 18.8. The summed E-state index contributed by atoms with van der Waals surface area (Å²) in [6.07, 6.45) is -3.24. The third-order valence-corrected chi connectivity index (χ3v) is 6.54. The predicted octanol–water partition coefficient (Wildman–Crippen LogP) is 4.93. The van der Waals surface area contributed by atoms with E-state index in [1.54, 1.807) is 16.3 Å². The second-order valence-corrected chi connectivity index (χ2v) is 8.87. The summed E-state index contributed by atoms with van der Waals surface area (Å²) in [6, 6.07) is 10.5. The maximum atomic E-state index is 13.9. The van der Waals surface area contributed by atoms with Gasteiger partial charge in [0.15, 0.2) is 0 Å². The topological polar surface area (TPSA) is 62.3 Å². The quantitative estimate of drug-likeness (QED) is 0.515. The molecule has 178 valence electrons. The third kappa shape index (κ3) is 5.61. The monoisotopic (exact) mass is 491 g/mol. The molecule has 1 aliphatic heterocycles. The minimum absolute atomic E-state index is 0.0392. The van der Waals surface area contributed by atoms with Crippen molar-refractivity contribution in [1.82, 2.24) is 15.2 Å². The van der Waals surface area contributed by atoms with Crippen molar-refractivity contribution in [2.45, 2.75) is 31.5 Å². The highest BCUT2D eigenvalue weighted by molar-refractivity contribution is 7.13. The molecule has 2 heterocycles. The van der Waals surface area contributed by atoms with Gasteiger partial charge in [0.25, 0.3) is 5.91 Å². The number of nitrogens with one attached hydrogen (secondary N) is 1. The Bertz CT molecular complexity index is 1170. The smallest absolute Gasteiger partial charge is 0.353 e. The van der Waals surface area contributed by atoms with Gasteiger partial charge in [-0.25, -0.2) is 9.37 Å². The van der Waals surface area contributed by atoms with Crippen molar-refractivity contribution in [2.75, 3.05) is 13.1 Å². The van der Waals surface area contributed by atoms with Crippen LogP contribution in [0.4, 0.5) is 17.6 Å². The lowest BCUT2D eigenvalue weighted by molar-refractivity contribution is -0.137. The fraction of sp³-hybridized carbons (Fsp3) is 0.292. The first-order valence-electron chi connectivity index (χ1n) is 10.7. The van der Waals surface area contributed by atoms with E-state index >= 15 is 0 Å². The Balaban J connectivity index is 1.28. The van der Waals surface area contributed by atoms with E-state index < -0.39 is 17.6 Å². The lowest BCUT2D eigenvalue weighted by Crippen LogP contribution is -2.47. The van der Waals surface area contributed by atoms with Crippen LogP contribution in [0.5, 0.6) is 0 Å². The normalized spacial score (nSPS) is 14.8. The van der Waals surface area contributed by atoms with Gasteiger partial charge in [-0.3, -0.25) is 9.59 Å². The number of aromatic nitrogens is 1. The summed E-state index contributed by atoms with van der Waals surface area (Å²) in [5.41, 5.74) is 0.396. The maximum Gasteiger partial charge on any atom is 0.416 e. The summed E-state index contributed by atoms with van der Waals surface area (Å²) in [5.74, 6) is -1.13. The molecule has 0 saturated carbocycles. The highest BCUT2D eigenvalue weighted by Gasteiger charge is 2.30. The molecule has 1 fully saturated rings. The summed E-state index contributed by atoms with van der Waals surface area (Å²) < 4.78 is 52.0. The molecule has 4 rings (SSSR count). The van der Waals surface area contributed by atoms with E-state index in [-0.39, 0.29) is 29.8 Å². The van der Waals surface area contributed by atoms with E-state index in [2.05, 4.69) is 10.3 Å². The molecule has 2 amide bonds. The van der Waals surface area contributed by atoms with E-state index in [1.165, 1.54) is 41.7 Å². The van der Waals surface area contributed by atoms with Gasteiger partial charge in [-0.1, -0.05) is 24.3 Å². The molecule has 1 saturated heterocycles. The van der Waals surface area contributed by atoms with Crippen LogP contribution in [-0.2, 0) is 17.4 Å². The van der Waals surface area contributed by atoms with Gasteiger partial charge in [-0.15, -0.1) is 11.3 Å². The van der Waals surface area contributed by atoms with Gasteiger partial charge >= 0.3 is 6.18 Å². The molecular weight excluding hydrogens is 470 g/mol. The van der Waals surface area contributed by atoms with E-state index in [1.807, 2.05) is 0 Å². The second-order valence-electron chi connectivity index (χ2n) is 8.01. The number of rotatable bonds is 5. The Labute approximate surface area is 197 Å². The van der Waals surface area contributed by atoms with Gasteiger partial charge in [0.2, 0.25) is 5.91 Å². The summed E-state index contributed by atoms with van der Waals surface area (Å²) in [6.45, 7) is 0.819. The minimum Gasteiger partial charge on any atom is -0.353 e. The van der Waals surface area contributed by atoms with Gasteiger partial charge in [0, 0.05) is 30.1 Å². The van der Waals surface area contributed by atoms with Crippen molar-refractivity contribution in [3.63, 3.8) is 0 Å². The highest BCUT2D eigenvalue weighted by atomic mass is 32.1. The zero-order valence-electron chi connectivity index (χ0n) is 17.9. The van der Waals surface area contributed by atoms with Crippen LogP contribution in [0.2, 0.25) is 0 Å². The van der Waals surface area contributed by atoms with Crippen LogP contribution < -0.4 is 5.32 Å². The van der Waals surface area contributed by atoms with Crippen LogP contribution in [0.15, 0.2) is 53.9 Å². The number of thiazole rings is 1. The Hall–Kier alpha value is -3.27. The molecule has 5 nitrogen and oxygen atoms in total. The minimum atomic E-state index is -4.40. The Kier molecular flexibility index (Phi) is 6.97. The number of likely N-dealkylation sites (tertiary alicyclic amines) is 1. The highest BCUT2D eigenvalue weighted by Crippen LogP contribution is 2.31. The van der Waals surface area contributed by atoms with Gasteiger partial charge in [-0.2, -0.15) is 13.2 Å². The lowest BCUT2D eigenvalue weighted by atomic mass is 10.0. The van der Waals surface area contributed by atoms with Crippen LogP contribution in [0.3, 0.4) is 0 Å². The molecule has 1 aromatic heterocycles. The van der Waals surface area contributed by atoms with Crippen molar-refractivity contribution in [3.05, 3.63) is 76.5 Å². The number of halogens is 4. The number of nitrogens with zero attached hydrogens (tertiary/aromatic N) is 2. The molecule has 1 N–H and O–H groups in total. The predicted molar refractivity (Wildman–Crippen MR) is 120 cm³/mol. The molecule has 0 bridgehead atoms. The fourth-order valence-corrected chi connectivity index (χ4v) is 4.62. The summed E-state index contributed by atoms with van der Waals surface area (Å²) >= 11 is 1.26. The number of piperidine rings is 1. The number of carbonyl (C=O) groups is 2. The SMILES string of the molecule is O=C(Cc1csc(-c2ccc(C(F)(F)F)cc2)n1)NC1CCN(C(=O)c2ccccc2F)CC1. The molecule has 0 atom stereocenters. The molecule has 0 aliphatic carbocycles. The van der Waals surface area contributed by atoms with Crippen molar-refractivity contribution in [2.24, 2.45) is 0 Å². The molecule has 0 unspecified atom stereocenters. The van der Waals surface area contributed by atoms with Crippen LogP contribution in [-0.4, -0.2) is 40.8 Å². The number of alkyl halides is 3. The number of hydrogen-bond acceptors (Lipinski definition) is 4. The van der Waals surface area contributed by atoms with E-state index in [9.17, 15) is 27.2 Å².